The Morgan fingerprint density at radius 2 is 2.45 bits per heavy atom. The van der Waals surface area contributed by atoms with Gasteiger partial charge >= 0.3 is 0 Å². The zero-order valence-corrected chi connectivity index (χ0v) is 13.3. The lowest BCUT2D eigenvalue weighted by Crippen LogP contribution is -2.40. The summed E-state index contributed by atoms with van der Waals surface area (Å²) < 4.78 is 11.1. The molecular weight excluding hydrogens is 302 g/mol. The molecule has 2 atom stereocenters. The van der Waals surface area contributed by atoms with Crippen LogP contribution in [0.25, 0.3) is 11.5 Å². The number of carbonyl (C=O) groups excluding carboxylic acids is 1. The van der Waals surface area contributed by atoms with Crippen molar-refractivity contribution in [2.75, 3.05) is 6.61 Å². The summed E-state index contributed by atoms with van der Waals surface area (Å²) in [4.78, 5) is 12.0. The van der Waals surface area contributed by atoms with Crippen LogP contribution in [0, 0.1) is 0 Å². The van der Waals surface area contributed by atoms with Gasteiger partial charge in [-0.3, -0.25) is 4.79 Å². The Morgan fingerprint density at radius 1 is 1.55 bits per heavy atom. The lowest BCUT2D eigenvalue weighted by Gasteiger charge is -2.19. The molecule has 0 aliphatic carbocycles. The minimum absolute atomic E-state index is 0.0155. The van der Waals surface area contributed by atoms with E-state index in [0.29, 0.717) is 24.6 Å². The van der Waals surface area contributed by atoms with E-state index < -0.39 is 0 Å². The molecule has 0 radical (unpaired) electrons. The predicted octanol–water partition coefficient (Wildman–Crippen LogP) is 2.41. The molecule has 0 saturated carbocycles. The summed E-state index contributed by atoms with van der Waals surface area (Å²) in [6, 6.07) is 1.97. The summed E-state index contributed by atoms with van der Waals surface area (Å²) in [5, 5.41) is 14.9. The Bertz CT molecular complexity index is 605. The lowest BCUT2D eigenvalue weighted by molar-refractivity contribution is -0.122. The van der Waals surface area contributed by atoms with Crippen molar-refractivity contribution in [3.63, 3.8) is 0 Å². The van der Waals surface area contributed by atoms with E-state index in [1.165, 1.54) is 0 Å². The third kappa shape index (κ3) is 3.72. The molecular formula is C15H19N3O3S. The molecule has 1 aliphatic rings. The van der Waals surface area contributed by atoms with Crippen LogP contribution in [-0.2, 0) is 16.0 Å². The fourth-order valence-corrected chi connectivity index (χ4v) is 3.12. The van der Waals surface area contributed by atoms with Crippen molar-refractivity contribution in [2.45, 2.75) is 44.8 Å². The first-order valence-electron chi connectivity index (χ1n) is 7.48. The number of nitrogens with zero attached hydrogens (tertiary/aromatic N) is 2. The number of aromatic nitrogens is 2. The van der Waals surface area contributed by atoms with Gasteiger partial charge in [0.05, 0.1) is 12.1 Å². The molecule has 22 heavy (non-hydrogen) atoms. The van der Waals surface area contributed by atoms with E-state index in [1.807, 2.05) is 23.8 Å². The van der Waals surface area contributed by atoms with Crippen molar-refractivity contribution >= 4 is 17.2 Å². The minimum Gasteiger partial charge on any atom is -0.421 e. The van der Waals surface area contributed by atoms with Crippen molar-refractivity contribution < 1.29 is 13.9 Å². The molecule has 1 N–H and O–H groups in total. The molecule has 0 unspecified atom stereocenters. The number of hydrogen-bond acceptors (Lipinski definition) is 6. The summed E-state index contributed by atoms with van der Waals surface area (Å²) in [6.45, 7) is 2.77. The number of ether oxygens (including phenoxy) is 1. The van der Waals surface area contributed by atoms with Gasteiger partial charge in [-0.15, -0.1) is 10.2 Å². The molecule has 118 valence electrons. The number of carbonyl (C=O) groups is 1. The van der Waals surface area contributed by atoms with E-state index in [4.69, 9.17) is 9.15 Å². The van der Waals surface area contributed by atoms with Crippen LogP contribution in [0.2, 0.25) is 0 Å². The molecule has 1 aliphatic heterocycles. The van der Waals surface area contributed by atoms with E-state index in [2.05, 4.69) is 15.5 Å². The largest absolute Gasteiger partial charge is 0.421 e. The zero-order chi connectivity index (χ0) is 15.4. The van der Waals surface area contributed by atoms with Crippen molar-refractivity contribution in [3.05, 3.63) is 22.7 Å². The summed E-state index contributed by atoms with van der Waals surface area (Å²) in [5.41, 5.74) is 0.917. The second-order valence-corrected chi connectivity index (χ2v) is 6.20. The summed E-state index contributed by atoms with van der Waals surface area (Å²) in [5.74, 6) is 0.976. The van der Waals surface area contributed by atoms with E-state index in [1.54, 1.807) is 11.3 Å². The molecule has 3 heterocycles. The van der Waals surface area contributed by atoms with E-state index in [-0.39, 0.29) is 18.1 Å². The maximum atomic E-state index is 12.0. The van der Waals surface area contributed by atoms with E-state index in [9.17, 15) is 4.79 Å². The van der Waals surface area contributed by atoms with Gasteiger partial charge in [0.1, 0.15) is 0 Å². The third-order valence-electron chi connectivity index (χ3n) is 3.71. The first-order valence-corrected chi connectivity index (χ1v) is 8.42. The number of hydrogen-bond donors (Lipinski definition) is 1. The van der Waals surface area contributed by atoms with Gasteiger partial charge in [-0.05, 0) is 31.2 Å². The highest BCUT2D eigenvalue weighted by Gasteiger charge is 2.23. The first-order chi connectivity index (χ1) is 10.7. The Hall–Kier alpha value is -1.73. The van der Waals surface area contributed by atoms with E-state index >= 15 is 0 Å². The van der Waals surface area contributed by atoms with Crippen LogP contribution in [0.5, 0.6) is 0 Å². The van der Waals surface area contributed by atoms with Crippen LogP contribution in [-0.4, -0.2) is 34.9 Å². The Labute approximate surface area is 132 Å². The van der Waals surface area contributed by atoms with Gasteiger partial charge in [-0.25, -0.2) is 0 Å². The molecule has 2 aromatic rings. The van der Waals surface area contributed by atoms with Crippen LogP contribution in [0.3, 0.4) is 0 Å². The van der Waals surface area contributed by atoms with Crippen LogP contribution in [0.15, 0.2) is 21.2 Å². The average Bonchev–Trinajstić information content (AvgIpc) is 3.25. The molecule has 6 nitrogen and oxygen atoms in total. The second kappa shape index (κ2) is 7.02. The second-order valence-electron chi connectivity index (χ2n) is 5.42. The maximum Gasteiger partial charge on any atom is 0.248 e. The fourth-order valence-electron chi connectivity index (χ4n) is 2.49. The normalized spacial score (nSPS) is 19.2. The highest BCUT2D eigenvalue weighted by Crippen LogP contribution is 2.21. The fraction of sp³-hybridized carbons (Fsp3) is 0.533. The number of aryl methyl sites for hydroxylation is 1. The monoisotopic (exact) mass is 321 g/mol. The van der Waals surface area contributed by atoms with Crippen LogP contribution < -0.4 is 5.32 Å². The molecule has 2 aromatic heterocycles. The van der Waals surface area contributed by atoms with Gasteiger partial charge in [0.2, 0.25) is 17.7 Å². The van der Waals surface area contributed by atoms with Crippen LogP contribution in [0.4, 0.5) is 0 Å². The first kappa shape index (κ1) is 15.2. The smallest absolute Gasteiger partial charge is 0.248 e. The Balaban J connectivity index is 1.46. The number of thiophene rings is 1. The van der Waals surface area contributed by atoms with E-state index in [0.717, 1.165) is 25.0 Å². The number of rotatable bonds is 6. The van der Waals surface area contributed by atoms with Gasteiger partial charge < -0.3 is 14.5 Å². The Kier molecular flexibility index (Phi) is 4.84. The topological polar surface area (TPSA) is 77.3 Å². The third-order valence-corrected chi connectivity index (χ3v) is 4.40. The van der Waals surface area contributed by atoms with Gasteiger partial charge in [-0.1, -0.05) is 0 Å². The predicted molar refractivity (Wildman–Crippen MR) is 82.5 cm³/mol. The van der Waals surface area contributed by atoms with Gasteiger partial charge in [-0.2, -0.15) is 11.3 Å². The van der Waals surface area contributed by atoms with Crippen LogP contribution in [0.1, 0.15) is 32.1 Å². The molecule has 7 heteroatoms. The molecule has 3 rings (SSSR count). The molecule has 1 saturated heterocycles. The van der Waals surface area contributed by atoms with Crippen molar-refractivity contribution in [2.24, 2.45) is 0 Å². The lowest BCUT2D eigenvalue weighted by atomic mass is 10.1. The maximum absolute atomic E-state index is 12.0. The summed E-state index contributed by atoms with van der Waals surface area (Å²) in [7, 11) is 0. The highest BCUT2D eigenvalue weighted by molar-refractivity contribution is 7.08. The molecule has 1 amide bonds. The SMILES string of the molecule is C[C@@H](NC(=O)CCc1nnc(-c2ccsc2)o1)[C@@H]1CCCO1. The van der Waals surface area contributed by atoms with Gasteiger partial charge in [0.25, 0.3) is 0 Å². The minimum atomic E-state index is -0.0155. The van der Waals surface area contributed by atoms with Crippen molar-refractivity contribution in [1.82, 2.24) is 15.5 Å². The van der Waals surface area contributed by atoms with Crippen molar-refractivity contribution in [1.29, 1.82) is 0 Å². The van der Waals surface area contributed by atoms with Gasteiger partial charge in [0.15, 0.2) is 0 Å². The number of amides is 1. The highest BCUT2D eigenvalue weighted by atomic mass is 32.1. The molecule has 0 spiro atoms. The standard InChI is InChI=1S/C15H19N3O3S/c1-10(12-3-2-7-20-12)16-13(19)4-5-14-17-18-15(21-14)11-6-8-22-9-11/h6,8-10,12H,2-5,7H2,1H3,(H,16,19)/t10-,12+/m1/s1. The molecule has 0 aromatic carbocycles. The van der Waals surface area contributed by atoms with Crippen LogP contribution >= 0.6 is 11.3 Å². The summed E-state index contributed by atoms with van der Waals surface area (Å²) in [6.07, 6.45) is 2.99. The average molecular weight is 321 g/mol. The summed E-state index contributed by atoms with van der Waals surface area (Å²) >= 11 is 1.58. The quantitative estimate of drug-likeness (QED) is 0.884. The van der Waals surface area contributed by atoms with Crippen molar-refractivity contribution in [3.8, 4) is 11.5 Å². The zero-order valence-electron chi connectivity index (χ0n) is 12.4. The van der Waals surface area contributed by atoms with Gasteiger partial charge in [0, 0.05) is 30.4 Å². The Morgan fingerprint density at radius 3 is 3.18 bits per heavy atom. The molecule has 1 fully saturated rings. The number of nitrogens with one attached hydrogen (secondary N) is 1. The molecule has 0 bridgehead atoms.